The minimum Gasteiger partial charge on any atom is -0.491 e. The molecule has 1 aromatic heterocycles. The van der Waals surface area contributed by atoms with Gasteiger partial charge in [-0.05, 0) is 71.1 Å². The molecule has 1 spiro atoms. The third-order valence-electron chi connectivity index (χ3n) is 14.0. The summed E-state index contributed by atoms with van der Waals surface area (Å²) in [6.07, 6.45) is 2.58. The van der Waals surface area contributed by atoms with Crippen LogP contribution in [0.3, 0.4) is 0 Å². The van der Waals surface area contributed by atoms with E-state index in [0.717, 1.165) is 16.0 Å². The summed E-state index contributed by atoms with van der Waals surface area (Å²) in [5.41, 5.74) is 1.79. The van der Waals surface area contributed by atoms with Crippen molar-refractivity contribution in [1.82, 2.24) is 25.1 Å². The quantitative estimate of drug-likeness (QED) is 0.101. The maximum Gasteiger partial charge on any atom is 0.329 e. The van der Waals surface area contributed by atoms with Crippen LogP contribution in [0.15, 0.2) is 152 Å². The highest BCUT2D eigenvalue weighted by molar-refractivity contribution is 6.24. The van der Waals surface area contributed by atoms with Crippen LogP contribution in [0.25, 0.3) is 0 Å². The number of piperazine rings is 1. The number of imide groups is 1. The summed E-state index contributed by atoms with van der Waals surface area (Å²) in [4.78, 5) is 79.6. The third kappa shape index (κ3) is 8.54. The van der Waals surface area contributed by atoms with Gasteiger partial charge in [-0.2, -0.15) is 0 Å². The second-order valence-electron chi connectivity index (χ2n) is 18.0. The number of aliphatic hydroxyl groups is 2. The Morgan fingerprint density at radius 3 is 2.15 bits per heavy atom. The van der Waals surface area contributed by atoms with Gasteiger partial charge in [-0.1, -0.05) is 115 Å². The number of aromatic nitrogens is 2. The van der Waals surface area contributed by atoms with Gasteiger partial charge in [-0.3, -0.25) is 19.3 Å². The molecule has 0 saturated carbocycles. The van der Waals surface area contributed by atoms with E-state index in [4.69, 9.17) is 9.47 Å². The predicted molar refractivity (Wildman–Crippen MR) is 264 cm³/mol. The molecule has 4 amide bonds. The van der Waals surface area contributed by atoms with Crippen molar-refractivity contribution in [3.8, 4) is 17.6 Å². The second kappa shape index (κ2) is 20.2. The number of fused-ring (bicyclic) bond motifs is 3. The van der Waals surface area contributed by atoms with E-state index in [0.29, 0.717) is 47.0 Å². The number of urea groups is 1. The van der Waals surface area contributed by atoms with Crippen LogP contribution in [0.4, 0.5) is 16.4 Å². The first kappa shape index (κ1) is 46.8. The Labute approximate surface area is 411 Å². The lowest BCUT2D eigenvalue weighted by molar-refractivity contribution is -0.179. The van der Waals surface area contributed by atoms with Crippen molar-refractivity contribution in [2.24, 2.45) is 5.92 Å². The molecule has 0 aliphatic carbocycles. The normalized spacial score (nSPS) is 23.0. The summed E-state index contributed by atoms with van der Waals surface area (Å²) in [6.45, 7) is 2.53. The highest BCUT2D eigenvalue weighted by Crippen LogP contribution is 2.66. The van der Waals surface area contributed by atoms with Crippen LogP contribution in [-0.2, 0) is 24.5 Å². The number of hydrogen-bond acceptors (Lipinski definition) is 12. The zero-order valence-electron chi connectivity index (χ0n) is 39.1. The first-order chi connectivity index (χ1) is 34.7. The number of carbonyl (C=O) groups excluding carboxylic acids is 4. The molecule has 6 aromatic rings. The summed E-state index contributed by atoms with van der Waals surface area (Å²) in [5.74, 6) is 3.67. The van der Waals surface area contributed by atoms with Gasteiger partial charge in [0.1, 0.15) is 29.9 Å². The van der Waals surface area contributed by atoms with E-state index < -0.39 is 65.4 Å². The van der Waals surface area contributed by atoms with Crippen molar-refractivity contribution in [2.75, 3.05) is 55.8 Å². The van der Waals surface area contributed by atoms with Crippen molar-refractivity contribution in [2.45, 2.75) is 49.0 Å². The summed E-state index contributed by atoms with van der Waals surface area (Å²) >= 11 is 0. The van der Waals surface area contributed by atoms with Gasteiger partial charge >= 0.3 is 12.0 Å². The molecule has 7 atom stereocenters. The van der Waals surface area contributed by atoms with Crippen molar-refractivity contribution < 1.29 is 38.9 Å². The first-order valence-electron chi connectivity index (χ1n) is 23.9. The molecule has 360 valence electrons. The standard InChI is InChI=1S/C56H53N7O8/c1-37(39-16-5-2-6-17-39)59-55(69)62-45-25-24-38(15-11-12-32-64)35-44(45)56(53(62)68)46(51(66)60-28-30-61(31-29-60)54-57-26-14-27-58-54)48-52(67)71-49(41-20-9-4-10-21-41)47(40-18-7-3-8-19-40)63(48)50(56)42-22-13-23-43(36-42)70-34-33-65/h2-10,13-14,16-27,35-37,46-50,64-65H,12,28-34H2,1H3,(H,59,69)/t37-,46+,47+,48+,49-,50-,56+/m1/s1. The molecule has 0 unspecified atom stereocenters. The number of rotatable bonds is 11. The highest BCUT2D eigenvalue weighted by atomic mass is 16.6. The summed E-state index contributed by atoms with van der Waals surface area (Å²) in [5, 5.41) is 22.7. The minimum absolute atomic E-state index is 0.0209. The Bertz CT molecular complexity index is 2970. The molecule has 5 aromatic carbocycles. The SMILES string of the molecule is C[C@@H](NC(=O)N1C(=O)[C@@]2(c3cc(C#CCCO)ccc31)[C@H](C(=O)N1CCN(c3ncccn3)CC1)[C@H]1C(=O)O[C@H](c3ccccc3)[C@H](c3ccccc3)N1[C@@H]2c1cccc(OCCO)c1)c1ccccc1. The molecule has 3 fully saturated rings. The molecule has 15 heteroatoms. The van der Waals surface area contributed by atoms with Gasteiger partial charge in [0, 0.05) is 50.6 Å². The number of amides is 4. The van der Waals surface area contributed by atoms with Gasteiger partial charge < -0.3 is 34.8 Å². The topological polar surface area (TPSA) is 178 Å². The van der Waals surface area contributed by atoms with E-state index >= 15 is 19.2 Å². The number of benzene rings is 5. The lowest BCUT2D eigenvalue weighted by Crippen LogP contribution is -2.59. The van der Waals surface area contributed by atoms with Crippen molar-refractivity contribution >= 4 is 35.5 Å². The lowest BCUT2D eigenvalue weighted by atomic mass is 9.64. The number of nitrogens with one attached hydrogen (secondary N) is 1. The number of morpholine rings is 1. The van der Waals surface area contributed by atoms with Crippen LogP contribution in [0, 0.1) is 17.8 Å². The second-order valence-corrected chi connectivity index (χ2v) is 18.0. The van der Waals surface area contributed by atoms with Crippen molar-refractivity contribution in [1.29, 1.82) is 0 Å². The lowest BCUT2D eigenvalue weighted by Gasteiger charge is -2.46. The molecule has 3 saturated heterocycles. The minimum atomic E-state index is -2.02. The third-order valence-corrected chi connectivity index (χ3v) is 14.0. The number of esters is 1. The van der Waals surface area contributed by atoms with Crippen LogP contribution >= 0.6 is 0 Å². The number of hydrogen-bond donors (Lipinski definition) is 3. The van der Waals surface area contributed by atoms with Gasteiger partial charge in [-0.25, -0.2) is 19.7 Å². The summed E-state index contributed by atoms with van der Waals surface area (Å²) in [6, 6.07) is 37.8. The zero-order valence-corrected chi connectivity index (χ0v) is 39.1. The van der Waals surface area contributed by atoms with Crippen LogP contribution in [0.2, 0.25) is 0 Å². The van der Waals surface area contributed by atoms with Crippen LogP contribution in [-0.4, -0.2) is 106 Å². The average molecular weight is 952 g/mol. The van der Waals surface area contributed by atoms with Crippen LogP contribution < -0.4 is 19.9 Å². The number of aliphatic hydroxyl groups excluding tert-OH is 2. The maximum atomic E-state index is 16.8. The number of nitrogens with zero attached hydrogens (tertiary/aromatic N) is 6. The number of cyclic esters (lactones) is 1. The van der Waals surface area contributed by atoms with E-state index in [1.165, 1.54) is 0 Å². The Balaban J connectivity index is 1.24. The Kier molecular flexibility index (Phi) is 13.3. The molecule has 0 radical (unpaired) electrons. The Morgan fingerprint density at radius 2 is 1.46 bits per heavy atom. The Morgan fingerprint density at radius 1 is 0.789 bits per heavy atom. The molecule has 71 heavy (non-hydrogen) atoms. The molecular weight excluding hydrogens is 899 g/mol. The molecule has 3 N–H and O–H groups in total. The predicted octanol–water partition coefficient (Wildman–Crippen LogP) is 6.07. The summed E-state index contributed by atoms with van der Waals surface area (Å²) in [7, 11) is 0. The highest BCUT2D eigenvalue weighted by Gasteiger charge is 2.76. The van der Waals surface area contributed by atoms with Crippen LogP contribution in [0.5, 0.6) is 5.75 Å². The van der Waals surface area contributed by atoms with Crippen molar-refractivity contribution in [3.63, 3.8) is 0 Å². The molecule has 10 rings (SSSR count). The Hall–Kier alpha value is -7.90. The molecule has 5 heterocycles. The summed E-state index contributed by atoms with van der Waals surface area (Å²) < 4.78 is 12.7. The molecule has 4 aliphatic rings. The number of carbonyl (C=O) groups is 4. The average Bonchev–Trinajstić information content (AvgIpc) is 3.87. The van der Waals surface area contributed by atoms with Gasteiger partial charge in [0.25, 0.3) is 0 Å². The molecule has 15 nitrogen and oxygen atoms in total. The van der Waals surface area contributed by atoms with Crippen molar-refractivity contribution in [3.05, 3.63) is 185 Å². The maximum absolute atomic E-state index is 16.8. The fourth-order valence-electron chi connectivity index (χ4n) is 11.0. The largest absolute Gasteiger partial charge is 0.491 e. The fourth-order valence-corrected chi connectivity index (χ4v) is 11.0. The van der Waals surface area contributed by atoms with Gasteiger partial charge in [-0.15, -0.1) is 0 Å². The van der Waals surface area contributed by atoms with Crippen LogP contribution in [0.1, 0.15) is 71.0 Å². The van der Waals surface area contributed by atoms with E-state index in [9.17, 15) is 10.2 Å². The molecule has 0 bridgehead atoms. The fraction of sp³-hybridized carbons (Fsp3) is 0.286. The first-order valence-corrected chi connectivity index (χ1v) is 23.9. The van der Waals surface area contributed by atoms with E-state index in [1.807, 2.05) is 114 Å². The van der Waals surface area contributed by atoms with E-state index in [2.05, 4.69) is 27.1 Å². The molecule has 4 aliphatic heterocycles. The van der Waals surface area contributed by atoms with Gasteiger partial charge in [0.05, 0.1) is 42.9 Å². The van der Waals surface area contributed by atoms with E-state index in [1.54, 1.807) is 59.8 Å². The van der Waals surface area contributed by atoms with Gasteiger partial charge in [0.2, 0.25) is 17.8 Å². The molecular formula is C56H53N7O8. The number of anilines is 2. The number of ether oxygens (including phenoxy) is 2. The van der Waals surface area contributed by atoms with Gasteiger partial charge in [0.15, 0.2) is 0 Å². The zero-order chi connectivity index (χ0) is 49.1. The smallest absolute Gasteiger partial charge is 0.329 e. The monoisotopic (exact) mass is 951 g/mol. The van der Waals surface area contributed by atoms with E-state index in [-0.39, 0.29) is 45.0 Å².